The molecule has 1 saturated heterocycles. The van der Waals surface area contributed by atoms with Gasteiger partial charge in [-0.25, -0.2) is 9.48 Å². The molecule has 1 aliphatic heterocycles. The first kappa shape index (κ1) is 8.30. The summed E-state index contributed by atoms with van der Waals surface area (Å²) < 4.78 is 10.9. The van der Waals surface area contributed by atoms with Gasteiger partial charge in [0.15, 0.2) is 5.44 Å². The summed E-state index contributed by atoms with van der Waals surface area (Å²) >= 11 is 1.25. The number of aryl methyl sites for hydroxylation is 1. The molecule has 1 aliphatic rings. The van der Waals surface area contributed by atoms with Gasteiger partial charge in [-0.2, -0.15) is 0 Å². The Morgan fingerprint density at radius 1 is 1.69 bits per heavy atom. The number of nitrogens with zero attached hydrogens (tertiary/aromatic N) is 4. The fourth-order valence-electron chi connectivity index (χ4n) is 0.808. The molecule has 2 heterocycles. The van der Waals surface area contributed by atoms with Crippen molar-refractivity contribution < 1.29 is 14.3 Å². The minimum Gasteiger partial charge on any atom is -0.429 e. The van der Waals surface area contributed by atoms with Crippen LogP contribution in [0, 0.1) is 0 Å². The van der Waals surface area contributed by atoms with Crippen LogP contribution in [0.5, 0.6) is 0 Å². The molecule has 0 radical (unpaired) electrons. The van der Waals surface area contributed by atoms with Crippen LogP contribution in [0.1, 0.15) is 0 Å². The Balaban J connectivity index is 1.99. The molecule has 0 aliphatic carbocycles. The summed E-state index contributed by atoms with van der Waals surface area (Å²) in [7, 11) is 1.71. The number of cyclic esters (lactones) is 2. The number of tetrazole rings is 1. The number of hydrogen-bond donors (Lipinski definition) is 0. The number of thioether (sulfide) groups is 1. The number of carbonyl (C=O) groups is 1. The summed E-state index contributed by atoms with van der Waals surface area (Å²) in [4.78, 5) is 10.6. The molecular formula is C5H6N4O3S. The normalized spacial score (nSPS) is 21.3. The van der Waals surface area contributed by atoms with E-state index in [1.54, 1.807) is 7.05 Å². The first-order chi connectivity index (χ1) is 6.25. The van der Waals surface area contributed by atoms with Crippen LogP contribution in [0.2, 0.25) is 0 Å². The Morgan fingerprint density at radius 2 is 2.54 bits per heavy atom. The van der Waals surface area contributed by atoms with Crippen molar-refractivity contribution in [3.05, 3.63) is 0 Å². The lowest BCUT2D eigenvalue weighted by Gasteiger charge is -2.02. The standard InChI is InChI=1S/C5H6N4O3S/c1-9-4(6-7-8-9)13-3-2-11-5(10)12-3/h3H,2H2,1H3. The zero-order valence-corrected chi connectivity index (χ0v) is 7.52. The minimum atomic E-state index is -0.646. The van der Waals surface area contributed by atoms with E-state index in [1.807, 2.05) is 0 Å². The second kappa shape index (κ2) is 3.21. The average Bonchev–Trinajstić information content (AvgIpc) is 2.64. The highest BCUT2D eigenvalue weighted by Crippen LogP contribution is 2.24. The van der Waals surface area contributed by atoms with Crippen molar-refractivity contribution >= 4 is 17.9 Å². The van der Waals surface area contributed by atoms with Gasteiger partial charge in [-0.15, -0.1) is 5.10 Å². The molecule has 70 valence electrons. The number of aromatic nitrogens is 4. The highest BCUT2D eigenvalue weighted by atomic mass is 32.2. The van der Waals surface area contributed by atoms with Crippen LogP contribution in [0.15, 0.2) is 5.16 Å². The van der Waals surface area contributed by atoms with E-state index in [-0.39, 0.29) is 12.0 Å². The molecule has 0 amide bonds. The molecule has 0 saturated carbocycles. The molecule has 1 aromatic heterocycles. The molecule has 1 unspecified atom stereocenters. The Kier molecular flexibility index (Phi) is 2.05. The van der Waals surface area contributed by atoms with Gasteiger partial charge in [-0.1, -0.05) is 0 Å². The van der Waals surface area contributed by atoms with Crippen molar-refractivity contribution in [3.63, 3.8) is 0 Å². The summed E-state index contributed by atoms with van der Waals surface area (Å²) in [5, 5.41) is 11.4. The molecule has 0 aromatic carbocycles. The molecule has 2 rings (SSSR count). The first-order valence-corrected chi connectivity index (χ1v) is 4.36. The van der Waals surface area contributed by atoms with E-state index < -0.39 is 6.16 Å². The van der Waals surface area contributed by atoms with Crippen molar-refractivity contribution in [1.82, 2.24) is 20.2 Å². The number of rotatable bonds is 2. The van der Waals surface area contributed by atoms with Crippen molar-refractivity contribution in [2.24, 2.45) is 7.05 Å². The van der Waals surface area contributed by atoms with Crippen molar-refractivity contribution in [3.8, 4) is 0 Å². The Morgan fingerprint density at radius 3 is 3.08 bits per heavy atom. The molecule has 1 aromatic rings. The van der Waals surface area contributed by atoms with Gasteiger partial charge in [0, 0.05) is 7.05 Å². The van der Waals surface area contributed by atoms with Crippen LogP contribution in [0.25, 0.3) is 0 Å². The molecule has 0 bridgehead atoms. The predicted octanol–water partition coefficient (Wildman–Crippen LogP) is -0.205. The topological polar surface area (TPSA) is 79.1 Å². The summed E-state index contributed by atoms with van der Waals surface area (Å²) in [6.07, 6.45) is -0.646. The largest absolute Gasteiger partial charge is 0.509 e. The van der Waals surface area contributed by atoms with Crippen molar-refractivity contribution in [1.29, 1.82) is 0 Å². The van der Waals surface area contributed by atoms with Gasteiger partial charge in [0.25, 0.3) is 0 Å². The van der Waals surface area contributed by atoms with Crippen LogP contribution in [-0.2, 0) is 16.5 Å². The quantitative estimate of drug-likeness (QED) is 0.614. The highest BCUT2D eigenvalue weighted by Gasteiger charge is 2.27. The minimum absolute atomic E-state index is 0.232. The van der Waals surface area contributed by atoms with Gasteiger partial charge >= 0.3 is 6.16 Å². The van der Waals surface area contributed by atoms with Crippen LogP contribution >= 0.6 is 11.8 Å². The Hall–Kier alpha value is -1.31. The molecule has 13 heavy (non-hydrogen) atoms. The third kappa shape index (κ3) is 1.72. The highest BCUT2D eigenvalue weighted by molar-refractivity contribution is 7.99. The van der Waals surface area contributed by atoms with Crippen molar-refractivity contribution in [2.45, 2.75) is 10.6 Å². The zero-order chi connectivity index (χ0) is 9.26. The smallest absolute Gasteiger partial charge is 0.429 e. The fraction of sp³-hybridized carbons (Fsp3) is 0.600. The third-order valence-electron chi connectivity index (χ3n) is 1.38. The number of ether oxygens (including phenoxy) is 2. The van der Waals surface area contributed by atoms with Gasteiger partial charge in [0.05, 0.1) is 0 Å². The fourth-order valence-corrected chi connectivity index (χ4v) is 1.58. The lowest BCUT2D eigenvalue weighted by atomic mass is 10.8. The number of hydrogen-bond acceptors (Lipinski definition) is 7. The maximum absolute atomic E-state index is 10.6. The van der Waals surface area contributed by atoms with Gasteiger partial charge in [0.2, 0.25) is 5.16 Å². The lowest BCUT2D eigenvalue weighted by Crippen LogP contribution is -2.06. The first-order valence-electron chi connectivity index (χ1n) is 3.48. The summed E-state index contributed by atoms with van der Waals surface area (Å²) in [6, 6.07) is 0. The van der Waals surface area contributed by atoms with E-state index in [9.17, 15) is 4.79 Å². The maximum Gasteiger partial charge on any atom is 0.509 e. The summed E-state index contributed by atoms with van der Waals surface area (Å²) in [5.41, 5.74) is -0.350. The Labute approximate surface area is 77.4 Å². The molecule has 1 fully saturated rings. The van der Waals surface area contributed by atoms with E-state index in [1.165, 1.54) is 16.4 Å². The average molecular weight is 202 g/mol. The van der Waals surface area contributed by atoms with Crippen LogP contribution in [0.3, 0.4) is 0 Å². The number of carbonyl (C=O) groups excluding carboxylic acids is 1. The monoisotopic (exact) mass is 202 g/mol. The third-order valence-corrected chi connectivity index (χ3v) is 2.43. The van der Waals surface area contributed by atoms with Gasteiger partial charge in [0.1, 0.15) is 6.61 Å². The van der Waals surface area contributed by atoms with E-state index in [0.717, 1.165) is 0 Å². The van der Waals surface area contributed by atoms with Crippen LogP contribution < -0.4 is 0 Å². The van der Waals surface area contributed by atoms with Gasteiger partial charge in [-0.3, -0.25) is 0 Å². The molecular weight excluding hydrogens is 196 g/mol. The predicted molar refractivity (Wildman–Crippen MR) is 40.9 cm³/mol. The second-order valence-electron chi connectivity index (χ2n) is 2.31. The molecule has 1 atom stereocenters. The summed E-state index contributed by atoms with van der Waals surface area (Å²) in [6.45, 7) is 0.232. The molecule has 7 nitrogen and oxygen atoms in total. The zero-order valence-electron chi connectivity index (χ0n) is 6.71. The second-order valence-corrected chi connectivity index (χ2v) is 3.44. The lowest BCUT2D eigenvalue weighted by molar-refractivity contribution is 0.129. The SMILES string of the molecule is Cn1nnnc1SC1COC(=O)O1. The van der Waals surface area contributed by atoms with Crippen molar-refractivity contribution in [2.75, 3.05) is 6.61 Å². The van der Waals surface area contributed by atoms with Gasteiger partial charge < -0.3 is 9.47 Å². The van der Waals surface area contributed by atoms with E-state index in [2.05, 4.69) is 20.3 Å². The van der Waals surface area contributed by atoms with Gasteiger partial charge in [-0.05, 0) is 22.2 Å². The maximum atomic E-state index is 10.6. The van der Waals surface area contributed by atoms with Crippen LogP contribution in [-0.4, -0.2) is 38.4 Å². The summed E-state index contributed by atoms with van der Waals surface area (Å²) in [5.74, 6) is 0. The molecule has 0 N–H and O–H groups in total. The van der Waals surface area contributed by atoms with E-state index in [0.29, 0.717) is 5.16 Å². The molecule has 8 heteroatoms. The Bertz CT molecular complexity index is 327. The van der Waals surface area contributed by atoms with E-state index >= 15 is 0 Å². The van der Waals surface area contributed by atoms with Crippen LogP contribution in [0.4, 0.5) is 4.79 Å². The molecule has 0 spiro atoms. The van der Waals surface area contributed by atoms with E-state index in [4.69, 9.17) is 4.74 Å².